The number of anilines is 2. The number of likely N-dealkylation sites (tertiary alicyclic amines) is 1. The van der Waals surface area contributed by atoms with Gasteiger partial charge in [-0.2, -0.15) is 15.5 Å². The van der Waals surface area contributed by atoms with Gasteiger partial charge in [0, 0.05) is 109 Å². The highest BCUT2D eigenvalue weighted by Crippen LogP contribution is 2.56. The minimum atomic E-state index is -2.68. The molecule has 1 saturated heterocycles. The number of hydrogen-bond donors (Lipinski definition) is 1. The van der Waals surface area contributed by atoms with E-state index in [-0.39, 0.29) is 35.4 Å². The summed E-state index contributed by atoms with van der Waals surface area (Å²) in [5.74, 6) is 8.62. The molecule has 5 aromatic rings. The monoisotopic (exact) mass is 943 g/mol. The Hall–Kier alpha value is -6.36. The fourth-order valence-corrected chi connectivity index (χ4v) is 11.3. The lowest BCUT2D eigenvalue weighted by atomic mass is 9.49. The minimum absolute atomic E-state index is 0.0163. The average molecular weight is 945 g/mol. The first kappa shape index (κ1) is 46.7. The Morgan fingerprint density at radius 1 is 0.985 bits per heavy atom. The molecule has 4 aliphatic rings. The minimum Gasteiger partial charge on any atom is -0.489 e. The molecular formula is C51H56ClF2N11O3. The molecule has 0 atom stereocenters. The van der Waals surface area contributed by atoms with Crippen LogP contribution in [0.15, 0.2) is 55.1 Å². The van der Waals surface area contributed by atoms with Crippen molar-refractivity contribution in [2.24, 2.45) is 17.9 Å². The first-order valence-electron chi connectivity index (χ1n) is 23.3. The zero-order valence-electron chi connectivity index (χ0n) is 39.3. The number of piperidine rings is 1. The van der Waals surface area contributed by atoms with Gasteiger partial charge in [0.15, 0.2) is 5.82 Å². The standard InChI is InChI=1S/C51H56ClF2N11O3/c1-31(66)63-21-15-42-40(30-63)46(64-17-9-10-33-22-38(36-28-58-61(6)29-36)39(44(53)54)24-43(33)64)60-65(42)18-8-7-16-62-19-13-32(14-20-62)45-56-26-35(27-57-45)47(67)59-48-50(2,3)49(51(48,4)5)68-37-12-11-34(25-55)41(52)23-37/h11-12,22-24,26-29,32,44,48-49H,9-10,13-21,30H2,1-6H3,(H,59,67). The van der Waals surface area contributed by atoms with Gasteiger partial charge in [-0.3, -0.25) is 23.9 Å². The Kier molecular flexibility index (Phi) is 12.8. The van der Waals surface area contributed by atoms with E-state index in [1.165, 1.54) is 0 Å². The van der Waals surface area contributed by atoms with E-state index in [1.807, 2.05) is 15.6 Å². The number of nitrogens with one attached hydrogen (secondary N) is 1. The molecule has 3 aliphatic heterocycles. The fraction of sp³-hybridized carbons (Fsp3) is 0.471. The van der Waals surface area contributed by atoms with E-state index in [2.05, 4.69) is 75.8 Å². The first-order chi connectivity index (χ1) is 32.5. The molecule has 2 aromatic carbocycles. The number of carbonyl (C=O) groups excluding carboxylic acids is 2. The Labute approximate surface area is 400 Å². The molecule has 0 bridgehead atoms. The van der Waals surface area contributed by atoms with E-state index in [4.69, 9.17) is 21.4 Å². The van der Waals surface area contributed by atoms with Crippen LogP contribution in [0, 0.1) is 34.0 Å². The zero-order chi connectivity index (χ0) is 48.1. The maximum atomic E-state index is 14.7. The molecular weight excluding hydrogens is 888 g/mol. The first-order valence-corrected chi connectivity index (χ1v) is 23.6. The molecule has 1 aliphatic carbocycles. The van der Waals surface area contributed by atoms with Crippen molar-refractivity contribution in [2.75, 3.05) is 37.6 Å². The molecule has 0 radical (unpaired) electrons. The van der Waals surface area contributed by atoms with Gasteiger partial charge < -0.3 is 19.9 Å². The fourth-order valence-electron chi connectivity index (χ4n) is 11.1. The molecule has 9 rings (SSSR count). The van der Waals surface area contributed by atoms with Crippen LogP contribution >= 0.6 is 11.6 Å². The summed E-state index contributed by atoms with van der Waals surface area (Å²) >= 11 is 6.26. The number of amides is 2. The van der Waals surface area contributed by atoms with Crippen LogP contribution in [0.3, 0.4) is 0 Å². The number of fused-ring (bicyclic) bond motifs is 2. The van der Waals surface area contributed by atoms with Gasteiger partial charge in [0.25, 0.3) is 12.3 Å². The van der Waals surface area contributed by atoms with Crippen LogP contribution in [0.4, 0.5) is 20.3 Å². The van der Waals surface area contributed by atoms with E-state index in [0.717, 1.165) is 67.1 Å². The Morgan fingerprint density at radius 3 is 2.38 bits per heavy atom. The van der Waals surface area contributed by atoms with E-state index < -0.39 is 17.3 Å². The third kappa shape index (κ3) is 8.92. The smallest absolute Gasteiger partial charge is 0.264 e. The summed E-state index contributed by atoms with van der Waals surface area (Å²) in [5, 5.41) is 22.1. The second-order valence-electron chi connectivity index (χ2n) is 19.7. The van der Waals surface area contributed by atoms with Crippen LogP contribution in [0.25, 0.3) is 11.1 Å². The Morgan fingerprint density at radius 2 is 1.72 bits per heavy atom. The molecule has 68 heavy (non-hydrogen) atoms. The highest BCUT2D eigenvalue weighted by molar-refractivity contribution is 6.31. The lowest BCUT2D eigenvalue weighted by Crippen LogP contribution is -2.74. The van der Waals surface area contributed by atoms with E-state index in [9.17, 15) is 23.6 Å². The van der Waals surface area contributed by atoms with Crippen molar-refractivity contribution in [3.8, 4) is 34.8 Å². The van der Waals surface area contributed by atoms with Gasteiger partial charge in [0.05, 0.1) is 35.4 Å². The largest absolute Gasteiger partial charge is 0.489 e. The van der Waals surface area contributed by atoms with E-state index in [0.29, 0.717) is 78.0 Å². The topological polar surface area (TPSA) is 150 Å². The third-order valence-corrected chi connectivity index (χ3v) is 14.7. The predicted octanol–water partition coefficient (Wildman–Crippen LogP) is 8.02. The lowest BCUT2D eigenvalue weighted by Gasteiger charge is -2.63. The van der Waals surface area contributed by atoms with Crippen LogP contribution < -0.4 is 15.0 Å². The number of halogens is 3. The van der Waals surface area contributed by atoms with Crippen molar-refractivity contribution in [3.63, 3.8) is 0 Å². The number of aromatic nitrogens is 6. The molecule has 17 heteroatoms. The van der Waals surface area contributed by atoms with Crippen molar-refractivity contribution in [1.29, 1.82) is 5.26 Å². The van der Waals surface area contributed by atoms with Gasteiger partial charge in [-0.25, -0.2) is 18.7 Å². The quantitative estimate of drug-likeness (QED) is 0.137. The third-order valence-electron chi connectivity index (χ3n) is 14.4. The summed E-state index contributed by atoms with van der Waals surface area (Å²) in [6.07, 6.45) is 7.63. The normalized spacial score (nSPS) is 19.8. The van der Waals surface area contributed by atoms with Gasteiger partial charge in [-0.1, -0.05) is 51.1 Å². The zero-order valence-corrected chi connectivity index (χ0v) is 40.1. The highest BCUT2D eigenvalue weighted by atomic mass is 35.5. The number of nitriles is 1. The van der Waals surface area contributed by atoms with Gasteiger partial charge >= 0.3 is 0 Å². The van der Waals surface area contributed by atoms with E-state index in [1.54, 1.807) is 67.7 Å². The van der Waals surface area contributed by atoms with Crippen molar-refractivity contribution in [1.82, 2.24) is 44.6 Å². The molecule has 6 heterocycles. The number of carbonyl (C=O) groups is 2. The van der Waals surface area contributed by atoms with Crippen LogP contribution in [0.2, 0.25) is 5.02 Å². The summed E-state index contributed by atoms with van der Waals surface area (Å²) in [6, 6.07) is 10.4. The summed E-state index contributed by atoms with van der Waals surface area (Å²) in [6.45, 7) is 14.0. The molecule has 3 aromatic heterocycles. The molecule has 2 fully saturated rings. The Bertz CT molecular complexity index is 2830. The van der Waals surface area contributed by atoms with Crippen molar-refractivity contribution < 1.29 is 23.1 Å². The van der Waals surface area contributed by atoms with Gasteiger partial charge in [-0.15, -0.1) is 0 Å². The van der Waals surface area contributed by atoms with Crippen molar-refractivity contribution >= 4 is 34.9 Å². The number of alkyl halides is 2. The van der Waals surface area contributed by atoms with Gasteiger partial charge in [0.1, 0.15) is 30.3 Å². The highest BCUT2D eigenvalue weighted by Gasteiger charge is 2.64. The number of ether oxygens (including phenoxy) is 1. The molecule has 0 unspecified atom stereocenters. The molecule has 354 valence electrons. The average Bonchev–Trinajstić information content (AvgIpc) is 3.93. The van der Waals surface area contributed by atoms with Crippen molar-refractivity contribution in [3.05, 3.63) is 99.5 Å². The number of aryl methyl sites for hydroxylation is 2. The van der Waals surface area contributed by atoms with Crippen LogP contribution in [0.1, 0.15) is 110 Å². The van der Waals surface area contributed by atoms with Gasteiger partial charge in [-0.05, 0) is 74.2 Å². The number of rotatable bonds is 10. The van der Waals surface area contributed by atoms with Crippen LogP contribution in [0.5, 0.6) is 5.75 Å². The number of benzene rings is 2. The molecule has 1 N–H and O–H groups in total. The summed E-state index contributed by atoms with van der Waals surface area (Å²) in [5.41, 5.74) is 4.73. The van der Waals surface area contributed by atoms with Gasteiger partial charge in [0.2, 0.25) is 5.91 Å². The molecule has 14 nitrogen and oxygen atoms in total. The maximum absolute atomic E-state index is 14.7. The molecule has 0 spiro atoms. The molecule has 2 amide bonds. The van der Waals surface area contributed by atoms with Crippen molar-refractivity contribution in [2.45, 2.75) is 104 Å². The maximum Gasteiger partial charge on any atom is 0.264 e. The summed E-state index contributed by atoms with van der Waals surface area (Å²) < 4.78 is 39.3. The number of hydrogen-bond acceptors (Lipinski definition) is 10. The lowest BCUT2D eigenvalue weighted by molar-refractivity contribution is -0.164. The van der Waals surface area contributed by atoms with E-state index >= 15 is 0 Å². The summed E-state index contributed by atoms with van der Waals surface area (Å²) in [7, 11) is 1.77. The second-order valence-corrected chi connectivity index (χ2v) is 20.1. The van der Waals surface area contributed by atoms with Crippen LogP contribution in [-0.2, 0) is 37.8 Å². The van der Waals surface area contributed by atoms with Crippen LogP contribution in [-0.4, -0.2) is 96.0 Å². The SMILES string of the molecule is CC(=O)N1CCc2c(c(N3CCCc4cc(-c5cnn(C)c5)c(C(F)F)cc43)nn2CC#CCN2CCC(c3ncc(C(=O)NC4C(C)(C)C(Oc5ccc(C#N)c(Cl)c5)C4(C)C)cn3)CC2)C1. The second kappa shape index (κ2) is 18.6. The molecule has 1 saturated carbocycles. The predicted molar refractivity (Wildman–Crippen MR) is 254 cm³/mol. The Balaban J connectivity index is 0.814. The number of nitrogens with zero attached hydrogens (tertiary/aromatic N) is 10. The summed E-state index contributed by atoms with van der Waals surface area (Å²) in [4.78, 5) is 41.6.